The van der Waals surface area contributed by atoms with Crippen molar-refractivity contribution in [3.8, 4) is 0 Å². The van der Waals surface area contributed by atoms with E-state index >= 15 is 0 Å². The summed E-state index contributed by atoms with van der Waals surface area (Å²) >= 11 is 0. The minimum Gasteiger partial charge on any atom is -0.391 e. The van der Waals surface area contributed by atoms with Crippen LogP contribution in [0.4, 0.5) is 5.69 Å². The fourth-order valence-electron chi connectivity index (χ4n) is 3.37. The van der Waals surface area contributed by atoms with Gasteiger partial charge in [0.1, 0.15) is 0 Å². The standard InChI is InChI=1S/C15H21NO2/c17-14-9-10-16(12-6-2-1-5-11(12)14)13-7-3-4-8-15(13)18/h1-2,5-6,13-15,17-18H,3-4,7-10H2. The summed E-state index contributed by atoms with van der Waals surface area (Å²) in [6.07, 6.45) is 4.50. The van der Waals surface area contributed by atoms with Crippen LogP contribution in [0, 0.1) is 0 Å². The van der Waals surface area contributed by atoms with Crippen LogP contribution in [0.3, 0.4) is 0 Å². The Kier molecular flexibility index (Phi) is 3.27. The Morgan fingerprint density at radius 3 is 2.61 bits per heavy atom. The van der Waals surface area contributed by atoms with Crippen LogP contribution in [-0.4, -0.2) is 28.9 Å². The average molecular weight is 247 g/mol. The highest BCUT2D eigenvalue weighted by Crippen LogP contribution is 2.37. The molecule has 1 aromatic carbocycles. The van der Waals surface area contributed by atoms with Crippen molar-refractivity contribution in [3.63, 3.8) is 0 Å². The SMILES string of the molecule is OC1CCN(C2CCCCC2O)c2ccccc21. The largest absolute Gasteiger partial charge is 0.391 e. The van der Waals surface area contributed by atoms with Crippen LogP contribution in [0.25, 0.3) is 0 Å². The van der Waals surface area contributed by atoms with Crippen LogP contribution in [0.1, 0.15) is 43.8 Å². The number of hydrogen-bond acceptors (Lipinski definition) is 3. The van der Waals surface area contributed by atoms with Gasteiger partial charge in [-0.25, -0.2) is 0 Å². The Labute approximate surface area is 108 Å². The van der Waals surface area contributed by atoms with Gasteiger partial charge in [-0.3, -0.25) is 0 Å². The van der Waals surface area contributed by atoms with Gasteiger partial charge in [0.15, 0.2) is 0 Å². The number of aliphatic hydroxyl groups excluding tert-OH is 2. The summed E-state index contributed by atoms with van der Waals surface area (Å²) in [5.41, 5.74) is 2.13. The fourth-order valence-corrected chi connectivity index (χ4v) is 3.37. The molecule has 0 radical (unpaired) electrons. The minimum absolute atomic E-state index is 0.220. The van der Waals surface area contributed by atoms with E-state index in [2.05, 4.69) is 11.0 Å². The normalized spacial score (nSPS) is 32.1. The first-order valence-corrected chi connectivity index (χ1v) is 6.99. The molecule has 3 unspecified atom stereocenters. The molecule has 18 heavy (non-hydrogen) atoms. The summed E-state index contributed by atoms with van der Waals surface area (Å²) in [6, 6.07) is 8.29. The summed E-state index contributed by atoms with van der Waals surface area (Å²) in [7, 11) is 0. The van der Waals surface area contributed by atoms with E-state index in [4.69, 9.17) is 0 Å². The van der Waals surface area contributed by atoms with Gasteiger partial charge in [0.2, 0.25) is 0 Å². The molecular formula is C15H21NO2. The summed E-state index contributed by atoms with van der Waals surface area (Å²) in [4.78, 5) is 2.31. The quantitative estimate of drug-likeness (QED) is 0.800. The molecule has 1 saturated carbocycles. The van der Waals surface area contributed by atoms with Crippen molar-refractivity contribution in [1.29, 1.82) is 0 Å². The van der Waals surface area contributed by atoms with E-state index in [0.717, 1.165) is 43.5 Å². The molecule has 0 bridgehead atoms. The van der Waals surface area contributed by atoms with Gasteiger partial charge < -0.3 is 15.1 Å². The molecule has 1 aliphatic heterocycles. The first kappa shape index (κ1) is 12.0. The zero-order valence-corrected chi connectivity index (χ0v) is 10.6. The fraction of sp³-hybridized carbons (Fsp3) is 0.600. The van der Waals surface area contributed by atoms with Gasteiger partial charge in [-0.1, -0.05) is 31.0 Å². The highest BCUT2D eigenvalue weighted by atomic mass is 16.3. The predicted octanol–water partition coefficient (Wildman–Crippen LogP) is 2.23. The smallest absolute Gasteiger partial charge is 0.0826 e. The third kappa shape index (κ3) is 2.02. The molecule has 3 atom stereocenters. The Morgan fingerprint density at radius 1 is 1.00 bits per heavy atom. The number of fused-ring (bicyclic) bond motifs is 1. The van der Waals surface area contributed by atoms with Crippen LogP contribution < -0.4 is 4.90 Å². The number of benzene rings is 1. The van der Waals surface area contributed by atoms with E-state index in [1.807, 2.05) is 18.2 Å². The lowest BCUT2D eigenvalue weighted by molar-refractivity contribution is 0.0970. The van der Waals surface area contributed by atoms with Crippen molar-refractivity contribution in [2.24, 2.45) is 0 Å². The molecule has 2 aliphatic rings. The average Bonchev–Trinajstić information content (AvgIpc) is 2.41. The maximum Gasteiger partial charge on any atom is 0.0826 e. The number of anilines is 1. The van der Waals surface area contributed by atoms with Crippen LogP contribution >= 0.6 is 0 Å². The predicted molar refractivity (Wildman–Crippen MR) is 71.6 cm³/mol. The van der Waals surface area contributed by atoms with Crippen molar-refractivity contribution in [3.05, 3.63) is 29.8 Å². The number of para-hydroxylation sites is 1. The molecule has 0 aromatic heterocycles. The monoisotopic (exact) mass is 247 g/mol. The van der Waals surface area contributed by atoms with Gasteiger partial charge >= 0.3 is 0 Å². The number of rotatable bonds is 1. The molecule has 3 rings (SSSR count). The third-order valence-electron chi connectivity index (χ3n) is 4.34. The maximum atomic E-state index is 10.2. The van der Waals surface area contributed by atoms with E-state index in [1.165, 1.54) is 6.42 Å². The summed E-state index contributed by atoms with van der Waals surface area (Å²) in [6.45, 7) is 0.847. The van der Waals surface area contributed by atoms with Crippen molar-refractivity contribution in [2.75, 3.05) is 11.4 Å². The highest BCUT2D eigenvalue weighted by molar-refractivity contribution is 5.57. The van der Waals surface area contributed by atoms with Crippen LogP contribution in [0.2, 0.25) is 0 Å². The topological polar surface area (TPSA) is 43.7 Å². The summed E-state index contributed by atoms with van der Waals surface area (Å²) < 4.78 is 0. The second-order valence-corrected chi connectivity index (χ2v) is 5.48. The number of hydrogen-bond donors (Lipinski definition) is 2. The Balaban J connectivity index is 1.91. The molecule has 0 saturated heterocycles. The van der Waals surface area contributed by atoms with E-state index < -0.39 is 0 Å². The first-order chi connectivity index (χ1) is 8.77. The molecule has 0 spiro atoms. The van der Waals surface area contributed by atoms with Gasteiger partial charge in [0, 0.05) is 17.8 Å². The lowest BCUT2D eigenvalue weighted by Gasteiger charge is -2.43. The third-order valence-corrected chi connectivity index (χ3v) is 4.34. The minimum atomic E-state index is -0.349. The molecular weight excluding hydrogens is 226 g/mol. The zero-order chi connectivity index (χ0) is 12.5. The molecule has 98 valence electrons. The lowest BCUT2D eigenvalue weighted by Crippen LogP contribution is -2.48. The van der Waals surface area contributed by atoms with E-state index in [1.54, 1.807) is 0 Å². The van der Waals surface area contributed by atoms with Gasteiger partial charge in [-0.15, -0.1) is 0 Å². The van der Waals surface area contributed by atoms with Crippen molar-refractivity contribution < 1.29 is 10.2 Å². The summed E-state index contributed by atoms with van der Waals surface area (Å²) in [5, 5.41) is 20.3. The maximum absolute atomic E-state index is 10.2. The van der Waals surface area contributed by atoms with E-state index in [9.17, 15) is 10.2 Å². The second-order valence-electron chi connectivity index (χ2n) is 5.48. The van der Waals surface area contributed by atoms with Gasteiger partial charge in [-0.2, -0.15) is 0 Å². The molecule has 1 aliphatic carbocycles. The van der Waals surface area contributed by atoms with Crippen molar-refractivity contribution in [1.82, 2.24) is 0 Å². The van der Waals surface area contributed by atoms with E-state index in [0.29, 0.717) is 0 Å². The van der Waals surface area contributed by atoms with Crippen molar-refractivity contribution >= 4 is 5.69 Å². The Hall–Kier alpha value is -1.06. The first-order valence-electron chi connectivity index (χ1n) is 6.99. The Morgan fingerprint density at radius 2 is 1.78 bits per heavy atom. The van der Waals surface area contributed by atoms with Crippen LogP contribution in [-0.2, 0) is 0 Å². The van der Waals surface area contributed by atoms with Gasteiger partial charge in [0.05, 0.1) is 18.2 Å². The van der Waals surface area contributed by atoms with E-state index in [-0.39, 0.29) is 18.2 Å². The second kappa shape index (κ2) is 4.90. The van der Waals surface area contributed by atoms with Crippen molar-refractivity contribution in [2.45, 2.75) is 50.4 Å². The lowest BCUT2D eigenvalue weighted by atomic mass is 9.88. The molecule has 1 fully saturated rings. The molecule has 0 amide bonds. The molecule has 3 heteroatoms. The molecule has 1 heterocycles. The summed E-state index contributed by atoms with van der Waals surface area (Å²) in [5.74, 6) is 0. The number of aliphatic hydroxyl groups is 2. The van der Waals surface area contributed by atoms with Gasteiger partial charge in [-0.05, 0) is 25.3 Å². The molecule has 2 N–H and O–H groups in total. The molecule has 1 aromatic rings. The highest BCUT2D eigenvalue weighted by Gasteiger charge is 2.33. The van der Waals surface area contributed by atoms with Crippen LogP contribution in [0.5, 0.6) is 0 Å². The zero-order valence-electron chi connectivity index (χ0n) is 10.6. The van der Waals surface area contributed by atoms with Crippen LogP contribution in [0.15, 0.2) is 24.3 Å². The molecule has 3 nitrogen and oxygen atoms in total. The van der Waals surface area contributed by atoms with Gasteiger partial charge in [0.25, 0.3) is 0 Å². The number of nitrogens with zero attached hydrogens (tertiary/aromatic N) is 1. The Bertz CT molecular complexity index is 421.